The fourth-order valence-corrected chi connectivity index (χ4v) is 9.38. The van der Waals surface area contributed by atoms with Crippen LogP contribution in [0.5, 0.6) is 0 Å². The molecular weight excluding hydrogens is 576 g/mol. The van der Waals surface area contributed by atoms with Gasteiger partial charge in [0.25, 0.3) is 0 Å². The van der Waals surface area contributed by atoms with Crippen LogP contribution in [0.25, 0.3) is 9.75 Å². The van der Waals surface area contributed by atoms with Gasteiger partial charge in [-0.15, -0.1) is 46.2 Å². The molecule has 0 aromatic carbocycles. The van der Waals surface area contributed by atoms with Crippen molar-refractivity contribution in [3.8, 4) is 9.75 Å². The number of hydrogen-bond donors (Lipinski definition) is 0. The highest BCUT2D eigenvalue weighted by Gasteiger charge is 2.14. The fraction of sp³-hybridized carbons (Fsp3) is 0.667. The van der Waals surface area contributed by atoms with Gasteiger partial charge in [0, 0.05) is 19.5 Å². The minimum atomic E-state index is 1.23. The lowest BCUT2D eigenvalue weighted by Crippen LogP contribution is -1.82. The largest absolute Gasteiger partial charge is 0.126 e. The number of unbranched alkanes of at least 4 members (excludes halogenated alkanes) is 10. The molecule has 2 aromatic rings. The van der Waals surface area contributed by atoms with Crippen molar-refractivity contribution in [1.29, 1.82) is 0 Å². The highest BCUT2D eigenvalue weighted by Crippen LogP contribution is 2.46. The quantitative estimate of drug-likeness (QED) is 0.129. The van der Waals surface area contributed by atoms with Crippen LogP contribution in [-0.4, -0.2) is 11.5 Å². The molecule has 170 valence electrons. The highest BCUT2D eigenvalue weighted by molar-refractivity contribution is 9.11. The molecule has 0 saturated heterocycles. The van der Waals surface area contributed by atoms with Gasteiger partial charge in [0.05, 0.1) is 7.57 Å². The lowest BCUT2D eigenvalue weighted by molar-refractivity contribution is 0.627. The summed E-state index contributed by atoms with van der Waals surface area (Å²) in [5, 5.41) is 0. The molecule has 0 aliphatic heterocycles. The van der Waals surface area contributed by atoms with Gasteiger partial charge < -0.3 is 0 Å². The normalized spacial score (nSPS) is 11.5. The summed E-state index contributed by atoms with van der Waals surface area (Å²) in [6.07, 6.45) is 16.4. The van der Waals surface area contributed by atoms with Gasteiger partial charge in [-0.05, 0) is 68.3 Å². The molecule has 0 nitrogen and oxygen atoms in total. The topological polar surface area (TPSA) is 0 Å². The van der Waals surface area contributed by atoms with Crippen molar-refractivity contribution < 1.29 is 0 Å². The van der Waals surface area contributed by atoms with E-state index in [2.05, 4.69) is 57.8 Å². The molecule has 0 saturated carbocycles. The summed E-state index contributed by atoms with van der Waals surface area (Å²) in [6, 6.07) is 4.77. The van der Waals surface area contributed by atoms with Crippen LogP contribution >= 0.6 is 78.1 Å². The predicted octanol–water partition coefficient (Wildman–Crippen LogP) is 11.9. The standard InChI is InChI=1S/C24H36Br2S4/c1-3-5-7-9-11-13-15-27-21-17-19(29-23(21)25)20-18-22(24(26)30-20)28-16-14-12-10-8-6-4-2/h17-18H,3-16H2,1-2H3. The monoisotopic (exact) mass is 610 g/mol. The van der Waals surface area contributed by atoms with Gasteiger partial charge in [-0.1, -0.05) is 78.1 Å². The molecule has 0 atom stereocenters. The Bertz CT molecular complexity index is 648. The van der Waals surface area contributed by atoms with Crippen LogP contribution in [0.15, 0.2) is 29.5 Å². The molecule has 2 heterocycles. The van der Waals surface area contributed by atoms with E-state index in [1.165, 1.54) is 116 Å². The zero-order chi connectivity index (χ0) is 21.6. The maximum Gasteiger partial charge on any atom is 0.0840 e. The van der Waals surface area contributed by atoms with Crippen molar-refractivity contribution in [3.63, 3.8) is 0 Å². The van der Waals surface area contributed by atoms with E-state index < -0.39 is 0 Å². The van der Waals surface area contributed by atoms with E-state index in [4.69, 9.17) is 0 Å². The van der Waals surface area contributed by atoms with Crippen molar-refractivity contribution >= 4 is 78.1 Å². The summed E-state index contributed by atoms with van der Waals surface area (Å²) in [5.41, 5.74) is 0. The van der Waals surface area contributed by atoms with E-state index in [9.17, 15) is 0 Å². The second-order valence-electron chi connectivity index (χ2n) is 7.73. The number of rotatable bonds is 17. The first-order chi connectivity index (χ1) is 14.7. The summed E-state index contributed by atoms with van der Waals surface area (Å²) in [7, 11) is 0. The second-order valence-corrected chi connectivity index (χ2v) is 14.7. The van der Waals surface area contributed by atoms with Crippen LogP contribution in [-0.2, 0) is 0 Å². The summed E-state index contributed by atoms with van der Waals surface area (Å²) >= 11 is 15.4. The van der Waals surface area contributed by atoms with Crippen LogP contribution in [0.4, 0.5) is 0 Å². The number of thiophene rings is 2. The van der Waals surface area contributed by atoms with Crippen LogP contribution in [0.2, 0.25) is 0 Å². The molecule has 2 rings (SSSR count). The molecule has 0 amide bonds. The first-order valence-corrected chi connectivity index (χ1v) is 16.7. The third kappa shape index (κ3) is 10.3. The minimum absolute atomic E-state index is 1.23. The maximum atomic E-state index is 3.81. The smallest absolute Gasteiger partial charge is 0.0840 e. The molecule has 0 aliphatic rings. The van der Waals surface area contributed by atoms with E-state index >= 15 is 0 Å². The maximum absolute atomic E-state index is 3.81. The first kappa shape index (κ1) is 27.3. The fourth-order valence-electron chi connectivity index (χ4n) is 3.27. The molecule has 2 aromatic heterocycles. The third-order valence-electron chi connectivity index (χ3n) is 5.06. The van der Waals surface area contributed by atoms with Crippen molar-refractivity contribution in [3.05, 3.63) is 19.7 Å². The van der Waals surface area contributed by atoms with Gasteiger partial charge in [0.2, 0.25) is 0 Å². The van der Waals surface area contributed by atoms with Crippen molar-refractivity contribution in [2.75, 3.05) is 11.5 Å². The Morgan fingerprint density at radius 3 is 1.37 bits per heavy atom. The molecule has 6 heteroatoms. The second kappa shape index (κ2) is 16.6. The van der Waals surface area contributed by atoms with Gasteiger partial charge in [-0.2, -0.15) is 0 Å². The molecule has 0 aliphatic carbocycles. The number of thioether (sulfide) groups is 2. The molecule has 0 spiro atoms. The lowest BCUT2D eigenvalue weighted by atomic mass is 10.1. The minimum Gasteiger partial charge on any atom is -0.126 e. The van der Waals surface area contributed by atoms with Gasteiger partial charge in [-0.25, -0.2) is 0 Å². The highest BCUT2D eigenvalue weighted by atomic mass is 79.9. The van der Waals surface area contributed by atoms with Crippen molar-refractivity contribution in [2.45, 2.75) is 101 Å². The lowest BCUT2D eigenvalue weighted by Gasteiger charge is -2.01. The van der Waals surface area contributed by atoms with Crippen molar-refractivity contribution in [1.82, 2.24) is 0 Å². The van der Waals surface area contributed by atoms with Gasteiger partial charge in [0.15, 0.2) is 0 Å². The Kier molecular flexibility index (Phi) is 15.1. The Hall–Kier alpha value is 1.06. The van der Waals surface area contributed by atoms with Gasteiger partial charge in [0.1, 0.15) is 0 Å². The van der Waals surface area contributed by atoms with Crippen molar-refractivity contribution in [2.24, 2.45) is 0 Å². The van der Waals surface area contributed by atoms with E-state index in [0.717, 1.165) is 0 Å². The Morgan fingerprint density at radius 2 is 0.967 bits per heavy atom. The SMILES string of the molecule is CCCCCCCCSc1cc(-c2cc(SCCCCCCCC)c(Br)s2)sc1Br. The van der Waals surface area contributed by atoms with E-state index in [0.29, 0.717) is 0 Å². The molecule has 30 heavy (non-hydrogen) atoms. The average Bonchev–Trinajstić information content (AvgIpc) is 3.29. The van der Waals surface area contributed by atoms with Crippen LogP contribution in [0.3, 0.4) is 0 Å². The van der Waals surface area contributed by atoms with Crippen LogP contribution in [0.1, 0.15) is 90.9 Å². The third-order valence-corrected chi connectivity index (χ3v) is 12.0. The van der Waals surface area contributed by atoms with E-state index in [1.54, 1.807) is 0 Å². The zero-order valence-electron chi connectivity index (χ0n) is 18.4. The van der Waals surface area contributed by atoms with E-state index in [-0.39, 0.29) is 0 Å². The average molecular weight is 613 g/mol. The summed E-state index contributed by atoms with van der Waals surface area (Å²) in [6.45, 7) is 4.57. The Labute approximate surface area is 218 Å². The van der Waals surface area contributed by atoms with E-state index in [1.807, 2.05) is 46.2 Å². The number of hydrogen-bond acceptors (Lipinski definition) is 4. The molecule has 0 fully saturated rings. The Balaban J connectivity index is 1.76. The zero-order valence-corrected chi connectivity index (χ0v) is 24.9. The van der Waals surface area contributed by atoms with Gasteiger partial charge in [-0.3, -0.25) is 0 Å². The predicted molar refractivity (Wildman–Crippen MR) is 151 cm³/mol. The summed E-state index contributed by atoms with van der Waals surface area (Å²) in [4.78, 5) is 5.61. The number of halogens is 2. The van der Waals surface area contributed by atoms with Gasteiger partial charge >= 0.3 is 0 Å². The molecule has 0 unspecified atom stereocenters. The summed E-state index contributed by atoms with van der Waals surface area (Å²) < 4.78 is 2.58. The molecular formula is C24H36Br2S4. The summed E-state index contributed by atoms with van der Waals surface area (Å²) in [5.74, 6) is 2.46. The molecule has 0 radical (unpaired) electrons. The van der Waals surface area contributed by atoms with Crippen LogP contribution < -0.4 is 0 Å². The molecule has 0 bridgehead atoms. The Morgan fingerprint density at radius 1 is 0.600 bits per heavy atom. The van der Waals surface area contributed by atoms with Crippen LogP contribution in [0, 0.1) is 0 Å². The molecule has 0 N–H and O–H groups in total. The first-order valence-electron chi connectivity index (χ1n) is 11.5.